The largest absolute Gasteiger partial charge is 0.339 e. The van der Waals surface area contributed by atoms with Gasteiger partial charge in [0.25, 0.3) is 0 Å². The standard InChI is InChI=1S/C21H23FN4O3S/c22-17-5-7-18(8-6-17)30(27,28)15-3-12-26-13-9-16(10-14-26)21-24-20(25-29-21)19-4-1-2-11-23-19/h1-2,4-8,11,16H,3,9-10,12-15H2. The molecule has 158 valence electrons. The lowest BCUT2D eigenvalue weighted by molar-refractivity contribution is 0.195. The minimum absolute atomic E-state index is 0.0512. The maximum absolute atomic E-state index is 13.0. The summed E-state index contributed by atoms with van der Waals surface area (Å²) >= 11 is 0. The van der Waals surface area contributed by atoms with Crippen molar-refractivity contribution < 1.29 is 17.3 Å². The SMILES string of the molecule is O=S(=O)(CCCN1CCC(c2nc(-c3ccccn3)no2)CC1)c1ccc(F)cc1. The highest BCUT2D eigenvalue weighted by atomic mass is 32.2. The first kappa shape index (κ1) is 20.6. The summed E-state index contributed by atoms with van der Waals surface area (Å²) in [7, 11) is -3.39. The van der Waals surface area contributed by atoms with Crippen LogP contribution in [0.3, 0.4) is 0 Å². The van der Waals surface area contributed by atoms with Crippen molar-refractivity contribution in [1.29, 1.82) is 0 Å². The van der Waals surface area contributed by atoms with E-state index in [2.05, 4.69) is 20.0 Å². The van der Waals surface area contributed by atoms with Crippen LogP contribution in [-0.2, 0) is 9.84 Å². The quantitative estimate of drug-likeness (QED) is 0.531. The highest BCUT2D eigenvalue weighted by Gasteiger charge is 2.26. The van der Waals surface area contributed by atoms with Crippen LogP contribution in [-0.4, -0.2) is 53.8 Å². The van der Waals surface area contributed by atoms with Crippen LogP contribution in [0.1, 0.15) is 31.1 Å². The van der Waals surface area contributed by atoms with Gasteiger partial charge in [-0.3, -0.25) is 4.98 Å². The van der Waals surface area contributed by atoms with Crippen LogP contribution >= 0.6 is 0 Å². The highest BCUT2D eigenvalue weighted by Crippen LogP contribution is 2.28. The van der Waals surface area contributed by atoms with Gasteiger partial charge in [-0.05, 0) is 75.3 Å². The van der Waals surface area contributed by atoms with E-state index < -0.39 is 15.7 Å². The van der Waals surface area contributed by atoms with Crippen LogP contribution in [0.15, 0.2) is 58.1 Å². The predicted molar refractivity (Wildman–Crippen MR) is 109 cm³/mol. The Morgan fingerprint density at radius 2 is 1.87 bits per heavy atom. The molecule has 30 heavy (non-hydrogen) atoms. The molecule has 1 aliphatic heterocycles. The predicted octanol–water partition coefficient (Wildman–Crippen LogP) is 3.31. The number of benzene rings is 1. The van der Waals surface area contributed by atoms with Crippen molar-refractivity contribution in [3.05, 3.63) is 60.4 Å². The Bertz CT molecular complexity index is 1060. The molecule has 3 heterocycles. The molecule has 0 atom stereocenters. The summed E-state index contributed by atoms with van der Waals surface area (Å²) in [5, 5.41) is 4.04. The fraction of sp³-hybridized carbons (Fsp3) is 0.381. The van der Waals surface area contributed by atoms with Crippen molar-refractivity contribution in [2.45, 2.75) is 30.1 Å². The Kier molecular flexibility index (Phi) is 6.19. The number of likely N-dealkylation sites (tertiary alicyclic amines) is 1. The molecule has 9 heteroatoms. The lowest BCUT2D eigenvalue weighted by Gasteiger charge is -2.30. The van der Waals surface area contributed by atoms with Crippen molar-refractivity contribution in [3.8, 4) is 11.5 Å². The fourth-order valence-corrected chi connectivity index (χ4v) is 4.94. The zero-order valence-electron chi connectivity index (χ0n) is 16.4. The van der Waals surface area contributed by atoms with Gasteiger partial charge in [0, 0.05) is 12.1 Å². The zero-order valence-corrected chi connectivity index (χ0v) is 17.3. The Hall–Kier alpha value is -2.65. The minimum Gasteiger partial charge on any atom is -0.339 e. The molecule has 0 amide bonds. The molecule has 3 aromatic rings. The van der Waals surface area contributed by atoms with E-state index in [-0.39, 0.29) is 16.6 Å². The molecule has 1 fully saturated rings. The molecule has 0 spiro atoms. The maximum atomic E-state index is 13.0. The average Bonchev–Trinajstić information content (AvgIpc) is 3.25. The minimum atomic E-state index is -3.39. The van der Waals surface area contributed by atoms with Gasteiger partial charge in [-0.25, -0.2) is 12.8 Å². The van der Waals surface area contributed by atoms with Crippen molar-refractivity contribution in [3.63, 3.8) is 0 Å². The number of nitrogens with zero attached hydrogens (tertiary/aromatic N) is 4. The van der Waals surface area contributed by atoms with Gasteiger partial charge >= 0.3 is 0 Å². The molecular formula is C21H23FN4O3S. The zero-order chi connectivity index (χ0) is 21.0. The first-order valence-corrected chi connectivity index (χ1v) is 11.6. The summed E-state index contributed by atoms with van der Waals surface area (Å²) in [5.41, 5.74) is 0.687. The summed E-state index contributed by atoms with van der Waals surface area (Å²) in [6, 6.07) is 10.6. The molecule has 0 unspecified atom stereocenters. The van der Waals surface area contributed by atoms with Crippen LogP contribution in [0.2, 0.25) is 0 Å². The van der Waals surface area contributed by atoms with Gasteiger partial charge in [-0.1, -0.05) is 11.2 Å². The van der Waals surface area contributed by atoms with E-state index in [9.17, 15) is 12.8 Å². The summed E-state index contributed by atoms with van der Waals surface area (Å²) in [6.45, 7) is 2.40. The second kappa shape index (κ2) is 9.01. The second-order valence-corrected chi connectivity index (χ2v) is 9.52. The van der Waals surface area contributed by atoms with Crippen LogP contribution < -0.4 is 0 Å². The van der Waals surface area contributed by atoms with Gasteiger partial charge in [0.15, 0.2) is 9.84 Å². The first-order valence-electron chi connectivity index (χ1n) is 9.97. The normalized spacial score (nSPS) is 16.0. The fourth-order valence-electron chi connectivity index (χ4n) is 3.64. The van der Waals surface area contributed by atoms with Gasteiger partial charge in [-0.2, -0.15) is 4.98 Å². The number of aromatic nitrogens is 3. The lowest BCUT2D eigenvalue weighted by Crippen LogP contribution is -2.34. The monoisotopic (exact) mass is 430 g/mol. The Morgan fingerprint density at radius 3 is 2.57 bits per heavy atom. The van der Waals surface area contributed by atoms with Crippen LogP contribution in [0.5, 0.6) is 0 Å². The van der Waals surface area contributed by atoms with Gasteiger partial charge in [0.1, 0.15) is 11.5 Å². The molecule has 0 N–H and O–H groups in total. The Labute approximate surface area is 174 Å². The molecule has 4 rings (SSSR count). The molecule has 0 radical (unpaired) electrons. The number of pyridine rings is 1. The highest BCUT2D eigenvalue weighted by molar-refractivity contribution is 7.91. The van der Waals surface area contributed by atoms with E-state index in [1.54, 1.807) is 6.20 Å². The van der Waals surface area contributed by atoms with E-state index in [0.717, 1.165) is 25.9 Å². The second-order valence-electron chi connectivity index (χ2n) is 7.41. The molecule has 2 aromatic heterocycles. The van der Waals surface area contributed by atoms with Crippen LogP contribution in [0.25, 0.3) is 11.5 Å². The van der Waals surface area contributed by atoms with Gasteiger partial charge < -0.3 is 9.42 Å². The summed E-state index contributed by atoms with van der Waals surface area (Å²) in [4.78, 5) is 11.2. The van der Waals surface area contributed by atoms with E-state index in [4.69, 9.17) is 4.52 Å². The number of halogens is 1. The summed E-state index contributed by atoms with van der Waals surface area (Å²) in [6.07, 6.45) is 4.00. The van der Waals surface area contributed by atoms with Gasteiger partial charge in [-0.15, -0.1) is 0 Å². The Morgan fingerprint density at radius 1 is 1.10 bits per heavy atom. The van der Waals surface area contributed by atoms with Gasteiger partial charge in [0.05, 0.1) is 10.6 Å². The molecular weight excluding hydrogens is 407 g/mol. The van der Waals surface area contributed by atoms with E-state index >= 15 is 0 Å². The summed E-state index contributed by atoms with van der Waals surface area (Å²) in [5.74, 6) is 0.947. The van der Waals surface area contributed by atoms with Crippen LogP contribution in [0, 0.1) is 5.82 Å². The third-order valence-electron chi connectivity index (χ3n) is 5.33. The van der Waals surface area contributed by atoms with Crippen LogP contribution in [0.4, 0.5) is 4.39 Å². The maximum Gasteiger partial charge on any atom is 0.230 e. The third kappa shape index (κ3) is 4.91. The van der Waals surface area contributed by atoms with Crippen molar-refractivity contribution in [2.24, 2.45) is 0 Å². The number of rotatable bonds is 7. The molecule has 0 saturated carbocycles. The molecule has 0 aliphatic carbocycles. The van der Waals surface area contributed by atoms with Crippen molar-refractivity contribution >= 4 is 9.84 Å². The Balaban J connectivity index is 1.25. The molecule has 1 aromatic carbocycles. The first-order chi connectivity index (χ1) is 14.5. The van der Waals surface area contributed by atoms with Gasteiger partial charge in [0.2, 0.25) is 11.7 Å². The molecule has 1 saturated heterocycles. The number of hydrogen-bond acceptors (Lipinski definition) is 7. The smallest absolute Gasteiger partial charge is 0.230 e. The molecule has 1 aliphatic rings. The third-order valence-corrected chi connectivity index (χ3v) is 7.15. The van der Waals surface area contributed by atoms with E-state index in [0.29, 0.717) is 30.4 Å². The average molecular weight is 431 g/mol. The number of sulfone groups is 1. The molecule has 7 nitrogen and oxygen atoms in total. The number of piperidine rings is 1. The van der Waals surface area contributed by atoms with Crippen molar-refractivity contribution in [1.82, 2.24) is 20.0 Å². The van der Waals surface area contributed by atoms with Crippen molar-refractivity contribution in [2.75, 3.05) is 25.4 Å². The van der Waals surface area contributed by atoms with E-state index in [1.165, 1.54) is 24.3 Å². The lowest BCUT2D eigenvalue weighted by atomic mass is 9.97. The topological polar surface area (TPSA) is 89.2 Å². The number of hydrogen-bond donors (Lipinski definition) is 0. The summed E-state index contributed by atoms with van der Waals surface area (Å²) < 4.78 is 43.2. The molecule has 0 bridgehead atoms. The van der Waals surface area contributed by atoms with E-state index in [1.807, 2.05) is 18.2 Å².